The summed E-state index contributed by atoms with van der Waals surface area (Å²) in [6.45, 7) is 5.66. The third kappa shape index (κ3) is 8.05. The fourth-order valence-electron chi connectivity index (χ4n) is 2.98. The Balaban J connectivity index is 0.00000338. The predicted octanol–water partition coefficient (Wildman–Crippen LogP) is 2.94. The summed E-state index contributed by atoms with van der Waals surface area (Å²) in [5, 5.41) is 3.48. The number of piperidine rings is 1. The molecule has 1 aliphatic heterocycles. The normalized spacial score (nSPS) is 15.0. The van der Waals surface area contributed by atoms with E-state index >= 15 is 0 Å². The zero-order chi connectivity index (χ0) is 17.9. The van der Waals surface area contributed by atoms with Crippen molar-refractivity contribution in [2.75, 3.05) is 60.5 Å². The molecule has 146 valence electrons. The van der Waals surface area contributed by atoms with Gasteiger partial charge in [-0.05, 0) is 25.5 Å². The number of ether oxygens (including phenoxy) is 1. The van der Waals surface area contributed by atoms with Crippen LogP contribution in [-0.4, -0.2) is 76.3 Å². The lowest BCUT2D eigenvalue weighted by Crippen LogP contribution is -2.46. The fraction of sp³-hybridized carbons (Fsp3) is 0.550. The van der Waals surface area contributed by atoms with Crippen molar-refractivity contribution in [3.63, 3.8) is 0 Å². The minimum Gasteiger partial charge on any atom is -0.383 e. The van der Waals surface area contributed by atoms with Gasteiger partial charge in [0.25, 0.3) is 0 Å². The minimum atomic E-state index is 0. The van der Waals surface area contributed by atoms with Crippen LogP contribution >= 0.6 is 24.0 Å². The van der Waals surface area contributed by atoms with Crippen LogP contribution in [0.1, 0.15) is 18.4 Å². The Morgan fingerprint density at radius 3 is 2.54 bits per heavy atom. The van der Waals surface area contributed by atoms with Crippen molar-refractivity contribution in [2.24, 2.45) is 4.99 Å². The molecule has 1 aromatic rings. The summed E-state index contributed by atoms with van der Waals surface area (Å²) >= 11 is 0. The number of nitrogens with zero attached hydrogens (tertiary/aromatic N) is 3. The van der Waals surface area contributed by atoms with Gasteiger partial charge in [-0.15, -0.1) is 24.0 Å². The number of hydrogen-bond donors (Lipinski definition) is 1. The van der Waals surface area contributed by atoms with E-state index in [0.717, 1.165) is 58.1 Å². The number of benzene rings is 1. The van der Waals surface area contributed by atoms with Gasteiger partial charge in [0.2, 0.25) is 0 Å². The number of halogens is 1. The van der Waals surface area contributed by atoms with Crippen LogP contribution in [0.5, 0.6) is 0 Å². The molecule has 0 bridgehead atoms. The van der Waals surface area contributed by atoms with E-state index in [0.29, 0.717) is 0 Å². The summed E-state index contributed by atoms with van der Waals surface area (Å²) in [5.74, 6) is 1.01. The summed E-state index contributed by atoms with van der Waals surface area (Å²) in [7, 11) is 5.72. The molecule has 0 unspecified atom stereocenters. The number of methoxy groups -OCH3 is 1. The van der Waals surface area contributed by atoms with Crippen molar-refractivity contribution in [3.05, 3.63) is 41.5 Å². The molecular weight excluding hydrogens is 439 g/mol. The van der Waals surface area contributed by atoms with E-state index < -0.39 is 0 Å². The van der Waals surface area contributed by atoms with Gasteiger partial charge in [0, 0.05) is 46.9 Å². The van der Waals surface area contributed by atoms with Gasteiger partial charge in [-0.2, -0.15) is 0 Å². The highest BCUT2D eigenvalue weighted by atomic mass is 127. The SMILES string of the molecule is CN=C(NCCN(C)CCOC)N1CCC(=Cc2ccccc2)CC1.I. The van der Waals surface area contributed by atoms with Gasteiger partial charge in [-0.1, -0.05) is 42.0 Å². The Labute approximate surface area is 175 Å². The van der Waals surface area contributed by atoms with Gasteiger partial charge >= 0.3 is 0 Å². The summed E-state index contributed by atoms with van der Waals surface area (Å²) < 4.78 is 5.11. The topological polar surface area (TPSA) is 40.1 Å². The van der Waals surface area contributed by atoms with E-state index in [9.17, 15) is 0 Å². The molecule has 0 atom stereocenters. The minimum absolute atomic E-state index is 0. The van der Waals surface area contributed by atoms with E-state index in [-0.39, 0.29) is 24.0 Å². The molecule has 1 saturated heterocycles. The smallest absolute Gasteiger partial charge is 0.193 e. The summed E-state index contributed by atoms with van der Waals surface area (Å²) in [6.07, 6.45) is 4.53. The van der Waals surface area contributed by atoms with Crippen molar-refractivity contribution >= 4 is 36.0 Å². The zero-order valence-corrected chi connectivity index (χ0v) is 18.6. The van der Waals surface area contributed by atoms with Crippen LogP contribution < -0.4 is 5.32 Å². The zero-order valence-electron chi connectivity index (χ0n) is 16.3. The maximum absolute atomic E-state index is 5.11. The van der Waals surface area contributed by atoms with Crippen molar-refractivity contribution < 1.29 is 4.74 Å². The average Bonchev–Trinajstić information content (AvgIpc) is 2.65. The largest absolute Gasteiger partial charge is 0.383 e. The lowest BCUT2D eigenvalue weighted by Gasteiger charge is -2.31. The number of hydrogen-bond acceptors (Lipinski definition) is 3. The predicted molar refractivity (Wildman–Crippen MR) is 121 cm³/mol. The standard InChI is InChI=1S/C20H32N4O.HI/c1-21-20(22-11-14-23(2)15-16-25-3)24-12-9-19(10-13-24)17-18-7-5-4-6-8-18;/h4-8,17H,9-16H2,1-3H3,(H,21,22);1H. The third-order valence-corrected chi connectivity index (χ3v) is 4.54. The quantitative estimate of drug-likeness (QED) is 0.377. The summed E-state index contributed by atoms with van der Waals surface area (Å²) in [5.41, 5.74) is 2.82. The van der Waals surface area contributed by atoms with Crippen LogP contribution in [0.4, 0.5) is 0 Å². The highest BCUT2D eigenvalue weighted by Crippen LogP contribution is 2.19. The van der Waals surface area contributed by atoms with Crippen LogP contribution in [0.2, 0.25) is 0 Å². The Morgan fingerprint density at radius 1 is 1.23 bits per heavy atom. The molecule has 5 nitrogen and oxygen atoms in total. The van der Waals surface area contributed by atoms with Gasteiger partial charge in [-0.3, -0.25) is 4.99 Å². The molecule has 1 aromatic carbocycles. The first-order chi connectivity index (χ1) is 12.2. The van der Waals surface area contributed by atoms with Crippen molar-refractivity contribution in [1.29, 1.82) is 0 Å². The van der Waals surface area contributed by atoms with E-state index in [4.69, 9.17) is 4.74 Å². The van der Waals surface area contributed by atoms with Crippen LogP contribution in [0.15, 0.2) is 40.9 Å². The van der Waals surface area contributed by atoms with E-state index in [1.54, 1.807) is 7.11 Å². The number of likely N-dealkylation sites (N-methyl/N-ethyl adjacent to an activating group) is 1. The van der Waals surface area contributed by atoms with E-state index in [1.807, 2.05) is 7.05 Å². The Kier molecular flexibility index (Phi) is 11.6. The van der Waals surface area contributed by atoms with Gasteiger partial charge in [0.1, 0.15) is 0 Å². The number of likely N-dealkylation sites (tertiary alicyclic amines) is 1. The van der Waals surface area contributed by atoms with Gasteiger partial charge < -0.3 is 19.9 Å². The summed E-state index contributed by atoms with van der Waals surface area (Å²) in [6, 6.07) is 10.6. The molecule has 1 heterocycles. The highest BCUT2D eigenvalue weighted by molar-refractivity contribution is 14.0. The average molecular weight is 472 g/mol. The number of aliphatic imine (C=N–C) groups is 1. The maximum Gasteiger partial charge on any atom is 0.193 e. The van der Waals surface area contributed by atoms with Crippen LogP contribution in [-0.2, 0) is 4.74 Å². The second kappa shape index (κ2) is 13.1. The molecule has 0 amide bonds. The molecular formula is C20H33IN4O. The van der Waals surface area contributed by atoms with E-state index in [2.05, 4.69) is 63.6 Å². The second-order valence-corrected chi connectivity index (χ2v) is 6.47. The molecule has 2 rings (SSSR count). The van der Waals surface area contributed by atoms with Gasteiger partial charge in [-0.25, -0.2) is 0 Å². The monoisotopic (exact) mass is 472 g/mol. The lowest BCUT2D eigenvalue weighted by atomic mass is 10.0. The van der Waals surface area contributed by atoms with Crippen LogP contribution in [0.3, 0.4) is 0 Å². The van der Waals surface area contributed by atoms with Gasteiger partial charge in [0.15, 0.2) is 5.96 Å². The molecule has 1 aliphatic rings. The first kappa shape index (κ1) is 22.9. The van der Waals surface area contributed by atoms with Crippen LogP contribution in [0.25, 0.3) is 6.08 Å². The number of guanidine groups is 1. The first-order valence-electron chi connectivity index (χ1n) is 9.10. The number of nitrogens with one attached hydrogen (secondary N) is 1. The Morgan fingerprint density at radius 2 is 1.92 bits per heavy atom. The van der Waals surface area contributed by atoms with Crippen molar-refractivity contribution in [3.8, 4) is 0 Å². The molecule has 1 fully saturated rings. The van der Waals surface area contributed by atoms with E-state index in [1.165, 1.54) is 11.1 Å². The second-order valence-electron chi connectivity index (χ2n) is 6.47. The summed E-state index contributed by atoms with van der Waals surface area (Å²) in [4.78, 5) is 9.07. The molecule has 0 aromatic heterocycles. The fourth-order valence-corrected chi connectivity index (χ4v) is 2.98. The molecule has 0 aliphatic carbocycles. The van der Waals surface area contributed by atoms with Gasteiger partial charge in [0.05, 0.1) is 6.61 Å². The molecule has 1 N–H and O–H groups in total. The first-order valence-corrected chi connectivity index (χ1v) is 9.10. The molecule has 6 heteroatoms. The molecule has 26 heavy (non-hydrogen) atoms. The molecule has 0 saturated carbocycles. The van der Waals surface area contributed by atoms with Crippen LogP contribution in [0, 0.1) is 0 Å². The lowest BCUT2D eigenvalue weighted by molar-refractivity contribution is 0.162. The maximum atomic E-state index is 5.11. The molecule has 0 spiro atoms. The molecule has 0 radical (unpaired) electrons. The highest BCUT2D eigenvalue weighted by Gasteiger charge is 2.17. The third-order valence-electron chi connectivity index (χ3n) is 4.54. The Hall–Kier alpha value is -1.12. The number of rotatable bonds is 7. The van der Waals surface area contributed by atoms with Crippen molar-refractivity contribution in [2.45, 2.75) is 12.8 Å². The van der Waals surface area contributed by atoms with Crippen molar-refractivity contribution in [1.82, 2.24) is 15.1 Å². The Bertz CT molecular complexity index is 552.